The van der Waals surface area contributed by atoms with Crippen molar-refractivity contribution >= 4 is 11.6 Å². The lowest BCUT2D eigenvalue weighted by Crippen LogP contribution is -2.39. The Hall–Kier alpha value is -2.91. The summed E-state index contributed by atoms with van der Waals surface area (Å²) < 4.78 is 40.5. The van der Waals surface area contributed by atoms with Crippen molar-refractivity contribution in [2.75, 3.05) is 13.1 Å². The van der Waals surface area contributed by atoms with Crippen molar-refractivity contribution in [3.8, 4) is 0 Å². The van der Waals surface area contributed by atoms with Gasteiger partial charge in [0.2, 0.25) is 0 Å². The number of aryl methyl sites for hydroxylation is 1. The molecule has 0 unspecified atom stereocenters. The number of hydrogen-bond acceptors (Lipinski definition) is 4. The topological polar surface area (TPSA) is 79.2 Å². The Bertz CT molecular complexity index is 979. The van der Waals surface area contributed by atoms with E-state index in [1.807, 2.05) is 6.07 Å². The quantitative estimate of drug-likeness (QED) is 0.744. The number of nitrogens with one attached hydrogen (secondary N) is 1. The van der Waals surface area contributed by atoms with Gasteiger partial charge in [-0.1, -0.05) is 0 Å². The largest absolute Gasteiger partial charge is 0.433 e. The SMILES string of the molecule is Cc1cc(C(F)(F)F)n2nc(C(=O)N3CCC[C@H](c4ccn[nH]4)C3)cc2n1. The van der Waals surface area contributed by atoms with Crippen LogP contribution in [0.3, 0.4) is 0 Å². The van der Waals surface area contributed by atoms with Crippen LogP contribution >= 0.6 is 0 Å². The van der Waals surface area contributed by atoms with E-state index in [0.717, 1.165) is 24.6 Å². The summed E-state index contributed by atoms with van der Waals surface area (Å²) in [5.41, 5.74) is 0.180. The van der Waals surface area contributed by atoms with Crippen LogP contribution in [0.15, 0.2) is 24.4 Å². The van der Waals surface area contributed by atoms with Gasteiger partial charge in [-0.2, -0.15) is 23.4 Å². The number of fused-ring (bicyclic) bond motifs is 1. The lowest BCUT2D eigenvalue weighted by atomic mass is 9.95. The first-order chi connectivity index (χ1) is 12.8. The molecule has 0 bridgehead atoms. The third-order valence-electron chi connectivity index (χ3n) is 4.74. The van der Waals surface area contributed by atoms with Crippen LogP contribution in [0.25, 0.3) is 5.65 Å². The summed E-state index contributed by atoms with van der Waals surface area (Å²) in [5, 5.41) is 10.8. The predicted octanol–water partition coefficient (Wildman–Crippen LogP) is 2.80. The van der Waals surface area contributed by atoms with Gasteiger partial charge in [0, 0.05) is 42.7 Å². The molecule has 1 aliphatic rings. The molecular weight excluding hydrogens is 361 g/mol. The molecule has 1 N–H and O–H groups in total. The Balaban J connectivity index is 1.65. The molecule has 27 heavy (non-hydrogen) atoms. The van der Waals surface area contributed by atoms with Gasteiger partial charge in [-0.3, -0.25) is 9.89 Å². The molecule has 4 rings (SSSR count). The van der Waals surface area contributed by atoms with Crippen LogP contribution in [0.4, 0.5) is 13.2 Å². The second kappa shape index (κ2) is 6.36. The van der Waals surface area contributed by atoms with Gasteiger partial charge < -0.3 is 4.90 Å². The molecule has 1 atom stereocenters. The molecule has 142 valence electrons. The minimum atomic E-state index is -4.59. The number of likely N-dealkylation sites (tertiary alicyclic amines) is 1. The van der Waals surface area contributed by atoms with Gasteiger partial charge in [-0.25, -0.2) is 9.50 Å². The average molecular weight is 378 g/mol. The molecule has 10 heteroatoms. The third-order valence-corrected chi connectivity index (χ3v) is 4.74. The monoisotopic (exact) mass is 378 g/mol. The molecule has 0 radical (unpaired) electrons. The fourth-order valence-corrected chi connectivity index (χ4v) is 3.48. The second-order valence-electron chi connectivity index (χ2n) is 6.68. The molecule has 1 amide bonds. The molecule has 0 aliphatic carbocycles. The molecule has 1 aliphatic heterocycles. The van der Waals surface area contributed by atoms with Gasteiger partial charge in [0.25, 0.3) is 5.91 Å². The van der Waals surface area contributed by atoms with Crippen molar-refractivity contribution < 1.29 is 18.0 Å². The molecule has 1 fully saturated rings. The summed E-state index contributed by atoms with van der Waals surface area (Å²) in [6, 6.07) is 4.10. The zero-order valence-corrected chi connectivity index (χ0v) is 14.5. The summed E-state index contributed by atoms with van der Waals surface area (Å²) in [7, 11) is 0. The number of piperidine rings is 1. The number of rotatable bonds is 2. The Morgan fingerprint density at radius 2 is 2.15 bits per heavy atom. The second-order valence-corrected chi connectivity index (χ2v) is 6.68. The minimum absolute atomic E-state index is 0.00722. The van der Waals surface area contributed by atoms with Crippen molar-refractivity contribution in [2.45, 2.75) is 31.9 Å². The summed E-state index contributed by atoms with van der Waals surface area (Å²) in [6.07, 6.45) is -1.22. The molecule has 7 nitrogen and oxygen atoms in total. The van der Waals surface area contributed by atoms with Crippen LogP contribution in [-0.4, -0.2) is 48.7 Å². The van der Waals surface area contributed by atoms with E-state index in [9.17, 15) is 18.0 Å². The fraction of sp³-hybridized carbons (Fsp3) is 0.412. The van der Waals surface area contributed by atoms with Crippen molar-refractivity contribution in [3.05, 3.63) is 47.2 Å². The van der Waals surface area contributed by atoms with Crippen molar-refractivity contribution in [1.29, 1.82) is 0 Å². The van der Waals surface area contributed by atoms with Crippen LogP contribution < -0.4 is 0 Å². The highest BCUT2D eigenvalue weighted by atomic mass is 19.4. The first kappa shape index (κ1) is 17.5. The molecule has 1 saturated heterocycles. The molecule has 0 aromatic carbocycles. The maximum atomic E-state index is 13.3. The van der Waals surface area contributed by atoms with E-state index >= 15 is 0 Å². The molecule has 0 saturated carbocycles. The number of carbonyl (C=O) groups excluding carboxylic acids is 1. The van der Waals surface area contributed by atoms with Gasteiger partial charge in [0.1, 0.15) is 5.69 Å². The minimum Gasteiger partial charge on any atom is -0.337 e. The Morgan fingerprint density at radius 1 is 1.33 bits per heavy atom. The van der Waals surface area contributed by atoms with Crippen LogP contribution in [0, 0.1) is 6.92 Å². The number of carbonyl (C=O) groups is 1. The molecule has 0 spiro atoms. The van der Waals surface area contributed by atoms with E-state index in [-0.39, 0.29) is 23.0 Å². The Morgan fingerprint density at radius 3 is 2.85 bits per heavy atom. The maximum absolute atomic E-state index is 13.3. The van der Waals surface area contributed by atoms with Gasteiger partial charge in [-0.15, -0.1) is 0 Å². The fourth-order valence-electron chi connectivity index (χ4n) is 3.48. The number of amides is 1. The van der Waals surface area contributed by atoms with E-state index < -0.39 is 17.8 Å². The first-order valence-electron chi connectivity index (χ1n) is 8.56. The van der Waals surface area contributed by atoms with E-state index in [4.69, 9.17) is 0 Å². The average Bonchev–Trinajstić information content (AvgIpc) is 3.29. The van der Waals surface area contributed by atoms with E-state index in [1.54, 1.807) is 11.1 Å². The van der Waals surface area contributed by atoms with Gasteiger partial charge in [0.15, 0.2) is 11.3 Å². The number of hydrogen-bond donors (Lipinski definition) is 1. The Kier molecular flexibility index (Phi) is 4.12. The predicted molar refractivity (Wildman–Crippen MR) is 89.2 cm³/mol. The number of halogens is 3. The molecular formula is C17H17F3N6O. The lowest BCUT2D eigenvalue weighted by Gasteiger charge is -2.31. The highest BCUT2D eigenvalue weighted by Crippen LogP contribution is 2.30. The molecule has 4 heterocycles. The van der Waals surface area contributed by atoms with Gasteiger partial charge in [0.05, 0.1) is 0 Å². The zero-order valence-electron chi connectivity index (χ0n) is 14.5. The Labute approximate surface area is 152 Å². The number of aromatic nitrogens is 5. The smallest absolute Gasteiger partial charge is 0.337 e. The third kappa shape index (κ3) is 3.26. The lowest BCUT2D eigenvalue weighted by molar-refractivity contribution is -0.142. The number of nitrogens with zero attached hydrogens (tertiary/aromatic N) is 5. The zero-order chi connectivity index (χ0) is 19.2. The highest BCUT2D eigenvalue weighted by molar-refractivity contribution is 5.93. The first-order valence-corrected chi connectivity index (χ1v) is 8.56. The van der Waals surface area contributed by atoms with Crippen molar-refractivity contribution in [1.82, 2.24) is 29.7 Å². The van der Waals surface area contributed by atoms with Crippen LogP contribution in [0.2, 0.25) is 0 Å². The molecule has 3 aromatic rings. The number of H-pyrrole nitrogens is 1. The summed E-state index contributed by atoms with van der Waals surface area (Å²) in [4.78, 5) is 18.5. The van der Waals surface area contributed by atoms with Crippen LogP contribution in [0.1, 0.15) is 46.3 Å². The van der Waals surface area contributed by atoms with Gasteiger partial charge >= 0.3 is 6.18 Å². The molecule has 3 aromatic heterocycles. The number of aromatic amines is 1. The van der Waals surface area contributed by atoms with Crippen molar-refractivity contribution in [3.63, 3.8) is 0 Å². The number of alkyl halides is 3. The summed E-state index contributed by atoms with van der Waals surface area (Å²) in [5.74, 6) is -0.274. The van der Waals surface area contributed by atoms with E-state index in [2.05, 4.69) is 20.3 Å². The standard InChI is InChI=1S/C17H17F3N6O/c1-10-7-14(17(18,19)20)26-15(22-10)8-13(24-26)16(27)25-6-2-3-11(9-25)12-4-5-21-23-12/h4-5,7-8,11H,2-3,6,9H2,1H3,(H,21,23)/t11-/m0/s1. The van der Waals surface area contributed by atoms with E-state index in [1.165, 1.54) is 13.0 Å². The van der Waals surface area contributed by atoms with Gasteiger partial charge in [-0.05, 0) is 31.9 Å². The van der Waals surface area contributed by atoms with E-state index in [0.29, 0.717) is 17.6 Å². The van der Waals surface area contributed by atoms with Crippen LogP contribution in [0.5, 0.6) is 0 Å². The summed E-state index contributed by atoms with van der Waals surface area (Å²) in [6.45, 7) is 2.48. The normalized spacial score (nSPS) is 18.2. The van der Waals surface area contributed by atoms with Crippen molar-refractivity contribution in [2.24, 2.45) is 0 Å². The maximum Gasteiger partial charge on any atom is 0.433 e. The highest BCUT2D eigenvalue weighted by Gasteiger charge is 2.35. The van der Waals surface area contributed by atoms with Crippen LogP contribution in [-0.2, 0) is 6.18 Å². The summed E-state index contributed by atoms with van der Waals surface area (Å²) >= 11 is 0.